The third kappa shape index (κ3) is 3.81. The van der Waals surface area contributed by atoms with Gasteiger partial charge in [0.15, 0.2) is 11.2 Å². The quantitative estimate of drug-likeness (QED) is 0.783. The number of amidine groups is 1. The van der Waals surface area contributed by atoms with Crippen LogP contribution in [-0.2, 0) is 16.0 Å². The van der Waals surface area contributed by atoms with E-state index in [4.69, 9.17) is 4.42 Å². The van der Waals surface area contributed by atoms with Gasteiger partial charge in [0, 0.05) is 17.9 Å². The Balaban J connectivity index is 1.80. The second kappa shape index (κ2) is 7.07. The van der Waals surface area contributed by atoms with Crippen molar-refractivity contribution in [1.29, 1.82) is 0 Å². The summed E-state index contributed by atoms with van der Waals surface area (Å²) in [4.78, 5) is 28.7. The summed E-state index contributed by atoms with van der Waals surface area (Å²) in [6.45, 7) is 3.96. The number of nitrogens with one attached hydrogen (secondary N) is 1. The number of carboxylic acid groups (broad SMARTS) is 1. The predicted molar refractivity (Wildman–Crippen MR) is 97.2 cm³/mol. The van der Waals surface area contributed by atoms with Gasteiger partial charge in [-0.25, -0.2) is 9.79 Å². The molecule has 2 fully saturated rings. The van der Waals surface area contributed by atoms with Crippen LogP contribution in [0.1, 0.15) is 51.1 Å². The molecule has 1 aromatic heterocycles. The average Bonchev–Trinajstić information content (AvgIpc) is 3.27. The molecule has 1 aromatic rings. The first-order chi connectivity index (χ1) is 11.9. The van der Waals surface area contributed by atoms with E-state index in [1.54, 1.807) is 6.08 Å². The van der Waals surface area contributed by atoms with Crippen molar-refractivity contribution in [3.05, 3.63) is 28.6 Å². The highest BCUT2D eigenvalue weighted by atomic mass is 32.2. The van der Waals surface area contributed by atoms with Gasteiger partial charge >= 0.3 is 5.97 Å². The van der Waals surface area contributed by atoms with E-state index in [1.165, 1.54) is 0 Å². The molecule has 1 unspecified atom stereocenters. The number of aliphatic imine (C=N–C) groups is 1. The SMILES string of the molecule is CCc1ccc(/C=C2\SC(=NC(C(=O)O)C3(C)CCCC3)NC2=O)o1. The minimum absolute atomic E-state index is 0.279. The standard InChI is InChI=1S/C18H22N2O4S/c1-3-11-6-7-12(24-11)10-13-15(21)20-17(25-13)19-14(16(22)23)18(2)8-4-5-9-18/h6-7,10,14H,3-5,8-9H2,1-2H3,(H,22,23)(H,19,20,21)/b13-10-. The van der Waals surface area contributed by atoms with Crippen LogP contribution in [0.2, 0.25) is 0 Å². The van der Waals surface area contributed by atoms with E-state index in [0.29, 0.717) is 15.8 Å². The lowest BCUT2D eigenvalue weighted by molar-refractivity contribution is -0.141. The first-order valence-corrected chi connectivity index (χ1v) is 9.33. The molecule has 0 spiro atoms. The Labute approximate surface area is 150 Å². The number of nitrogens with zero attached hydrogens (tertiary/aromatic N) is 1. The number of rotatable bonds is 5. The van der Waals surface area contributed by atoms with Gasteiger partial charge in [0.25, 0.3) is 5.91 Å². The van der Waals surface area contributed by atoms with Crippen LogP contribution in [0.15, 0.2) is 26.4 Å². The predicted octanol–water partition coefficient (Wildman–Crippen LogP) is 3.44. The number of carbonyl (C=O) groups excluding carboxylic acids is 1. The number of furan rings is 1. The van der Waals surface area contributed by atoms with Crippen LogP contribution in [0.25, 0.3) is 6.08 Å². The molecule has 2 N–H and O–H groups in total. The second-order valence-electron chi connectivity index (χ2n) is 6.76. The van der Waals surface area contributed by atoms with Crippen LogP contribution < -0.4 is 5.32 Å². The van der Waals surface area contributed by atoms with Gasteiger partial charge < -0.3 is 14.8 Å². The second-order valence-corrected chi connectivity index (χ2v) is 7.79. The van der Waals surface area contributed by atoms with Gasteiger partial charge in [-0.3, -0.25) is 4.79 Å². The van der Waals surface area contributed by atoms with Gasteiger partial charge in [-0.15, -0.1) is 0 Å². The van der Waals surface area contributed by atoms with E-state index in [1.807, 2.05) is 26.0 Å². The summed E-state index contributed by atoms with van der Waals surface area (Å²) in [6.07, 6.45) is 6.17. The van der Waals surface area contributed by atoms with E-state index in [-0.39, 0.29) is 11.3 Å². The number of aliphatic carboxylic acids is 1. The molecule has 2 heterocycles. The largest absolute Gasteiger partial charge is 0.480 e. The number of hydrogen-bond acceptors (Lipinski definition) is 5. The molecule has 1 saturated heterocycles. The highest BCUT2D eigenvalue weighted by Gasteiger charge is 2.42. The van der Waals surface area contributed by atoms with Crippen LogP contribution in [0.5, 0.6) is 0 Å². The molecule has 25 heavy (non-hydrogen) atoms. The van der Waals surface area contributed by atoms with Crippen molar-refractivity contribution in [1.82, 2.24) is 5.32 Å². The van der Waals surface area contributed by atoms with Gasteiger partial charge in [0.05, 0.1) is 4.91 Å². The molecule has 7 heteroatoms. The summed E-state index contributed by atoms with van der Waals surface area (Å²) in [7, 11) is 0. The molecule has 1 atom stereocenters. The van der Waals surface area contributed by atoms with Crippen LogP contribution in [-0.4, -0.2) is 28.2 Å². The van der Waals surface area contributed by atoms with Gasteiger partial charge in [0.2, 0.25) is 0 Å². The molecule has 0 bridgehead atoms. The Bertz CT molecular complexity index is 744. The third-order valence-electron chi connectivity index (χ3n) is 4.84. The fraction of sp³-hybridized carbons (Fsp3) is 0.500. The molecule has 1 saturated carbocycles. The summed E-state index contributed by atoms with van der Waals surface area (Å²) in [5.74, 6) is 0.235. The van der Waals surface area contributed by atoms with Gasteiger partial charge in [0.1, 0.15) is 11.5 Å². The van der Waals surface area contributed by atoms with Gasteiger partial charge in [-0.2, -0.15) is 0 Å². The first-order valence-electron chi connectivity index (χ1n) is 8.51. The Hall–Kier alpha value is -2.02. The van der Waals surface area contributed by atoms with Gasteiger partial charge in [-0.1, -0.05) is 26.7 Å². The fourth-order valence-corrected chi connectivity index (χ4v) is 4.19. The summed E-state index contributed by atoms with van der Waals surface area (Å²) >= 11 is 1.16. The summed E-state index contributed by atoms with van der Waals surface area (Å²) in [5.41, 5.74) is -0.354. The van der Waals surface area contributed by atoms with Crippen LogP contribution >= 0.6 is 11.8 Å². The lowest BCUT2D eigenvalue weighted by Gasteiger charge is -2.28. The zero-order chi connectivity index (χ0) is 18.0. The highest BCUT2D eigenvalue weighted by Crippen LogP contribution is 2.42. The van der Waals surface area contributed by atoms with E-state index in [2.05, 4.69) is 10.3 Å². The number of hydrogen-bond donors (Lipinski definition) is 2. The maximum atomic E-state index is 12.1. The fourth-order valence-electron chi connectivity index (χ4n) is 3.36. The lowest BCUT2D eigenvalue weighted by Crippen LogP contribution is -2.37. The maximum absolute atomic E-state index is 12.1. The molecule has 1 aliphatic heterocycles. The zero-order valence-corrected chi connectivity index (χ0v) is 15.2. The molecular weight excluding hydrogens is 340 g/mol. The Morgan fingerprint density at radius 3 is 2.80 bits per heavy atom. The van der Waals surface area contributed by atoms with E-state index in [9.17, 15) is 14.7 Å². The smallest absolute Gasteiger partial charge is 0.329 e. The van der Waals surface area contributed by atoms with Gasteiger partial charge in [-0.05, 0) is 36.7 Å². The van der Waals surface area contributed by atoms with E-state index in [0.717, 1.165) is 49.6 Å². The van der Waals surface area contributed by atoms with Crippen molar-refractivity contribution in [3.8, 4) is 0 Å². The number of amides is 1. The topological polar surface area (TPSA) is 91.9 Å². The van der Waals surface area contributed by atoms with Crippen molar-refractivity contribution < 1.29 is 19.1 Å². The van der Waals surface area contributed by atoms with Crippen molar-refractivity contribution in [2.45, 2.75) is 52.0 Å². The number of carbonyl (C=O) groups is 2. The van der Waals surface area contributed by atoms with Crippen molar-refractivity contribution >= 4 is 34.9 Å². The summed E-state index contributed by atoms with van der Waals surface area (Å²) < 4.78 is 5.59. The number of aryl methyl sites for hydroxylation is 1. The maximum Gasteiger partial charge on any atom is 0.329 e. The Morgan fingerprint density at radius 2 is 2.20 bits per heavy atom. The first kappa shape index (κ1) is 17.8. The van der Waals surface area contributed by atoms with Crippen LogP contribution in [0.3, 0.4) is 0 Å². The van der Waals surface area contributed by atoms with Crippen molar-refractivity contribution in [3.63, 3.8) is 0 Å². The highest BCUT2D eigenvalue weighted by molar-refractivity contribution is 8.18. The normalized spacial score (nSPS) is 24.0. The molecule has 1 amide bonds. The average molecular weight is 362 g/mol. The van der Waals surface area contributed by atoms with E-state index < -0.39 is 12.0 Å². The van der Waals surface area contributed by atoms with Crippen LogP contribution in [0, 0.1) is 5.41 Å². The molecule has 3 rings (SSSR count). The molecule has 2 aliphatic rings. The van der Waals surface area contributed by atoms with Crippen molar-refractivity contribution in [2.24, 2.45) is 10.4 Å². The molecule has 0 aromatic carbocycles. The Kier molecular flexibility index (Phi) is 5.03. The molecular formula is C18H22N2O4S. The minimum Gasteiger partial charge on any atom is -0.480 e. The van der Waals surface area contributed by atoms with E-state index >= 15 is 0 Å². The van der Waals surface area contributed by atoms with Crippen LogP contribution in [0.4, 0.5) is 0 Å². The molecule has 0 radical (unpaired) electrons. The molecule has 134 valence electrons. The third-order valence-corrected chi connectivity index (χ3v) is 5.77. The number of thioether (sulfide) groups is 1. The zero-order valence-electron chi connectivity index (χ0n) is 14.4. The molecule has 6 nitrogen and oxygen atoms in total. The summed E-state index contributed by atoms with van der Waals surface area (Å²) in [5, 5.41) is 12.6. The molecule has 1 aliphatic carbocycles. The van der Waals surface area contributed by atoms with Crippen molar-refractivity contribution in [2.75, 3.05) is 0 Å². The lowest BCUT2D eigenvalue weighted by atomic mass is 9.81. The Morgan fingerprint density at radius 1 is 1.48 bits per heavy atom. The number of carboxylic acids is 1. The summed E-state index contributed by atoms with van der Waals surface area (Å²) in [6, 6.07) is 2.85. The monoisotopic (exact) mass is 362 g/mol. The minimum atomic E-state index is -0.942.